The van der Waals surface area contributed by atoms with Crippen LogP contribution >= 0.6 is 0 Å². The molecule has 1 heterocycles. The average molecular weight is 236 g/mol. The number of morpholine rings is 1. The van der Waals surface area contributed by atoms with Crippen LogP contribution < -0.4 is 10.5 Å². The zero-order valence-corrected chi connectivity index (χ0v) is 10.4. The molecule has 0 saturated carbocycles. The van der Waals surface area contributed by atoms with E-state index in [1.165, 1.54) is 0 Å². The quantitative estimate of drug-likeness (QED) is 0.851. The van der Waals surface area contributed by atoms with Crippen LogP contribution in [0.5, 0.6) is 5.75 Å². The smallest absolute Gasteiger partial charge is 0.123 e. The van der Waals surface area contributed by atoms with E-state index in [0.29, 0.717) is 0 Å². The Balaban J connectivity index is 2.15. The molecule has 0 amide bonds. The van der Waals surface area contributed by atoms with Gasteiger partial charge in [-0.1, -0.05) is 18.2 Å². The first-order chi connectivity index (χ1) is 8.22. The maximum atomic E-state index is 6.28. The summed E-state index contributed by atoms with van der Waals surface area (Å²) in [7, 11) is 3.75. The fourth-order valence-corrected chi connectivity index (χ4v) is 2.17. The Hall–Kier alpha value is -1.10. The first-order valence-corrected chi connectivity index (χ1v) is 5.91. The van der Waals surface area contributed by atoms with Gasteiger partial charge in [0.1, 0.15) is 5.75 Å². The van der Waals surface area contributed by atoms with E-state index >= 15 is 0 Å². The number of likely N-dealkylation sites (N-methyl/N-ethyl adjacent to an activating group) is 1. The number of ether oxygens (including phenoxy) is 2. The van der Waals surface area contributed by atoms with Crippen molar-refractivity contribution in [2.45, 2.75) is 12.1 Å². The largest absolute Gasteiger partial charge is 0.496 e. The van der Waals surface area contributed by atoms with Gasteiger partial charge in [-0.2, -0.15) is 0 Å². The first kappa shape index (κ1) is 12.4. The van der Waals surface area contributed by atoms with Gasteiger partial charge >= 0.3 is 0 Å². The van der Waals surface area contributed by atoms with Crippen molar-refractivity contribution >= 4 is 0 Å². The molecule has 4 nitrogen and oxygen atoms in total. The van der Waals surface area contributed by atoms with Gasteiger partial charge in [0.05, 0.1) is 25.9 Å². The molecule has 17 heavy (non-hydrogen) atoms. The summed E-state index contributed by atoms with van der Waals surface area (Å²) in [6.45, 7) is 2.57. The molecule has 4 heteroatoms. The first-order valence-electron chi connectivity index (χ1n) is 5.91. The molecule has 0 bridgehead atoms. The Morgan fingerprint density at radius 3 is 2.94 bits per heavy atom. The molecular weight excluding hydrogens is 216 g/mol. The van der Waals surface area contributed by atoms with Crippen LogP contribution in [0.1, 0.15) is 11.6 Å². The molecule has 0 radical (unpaired) electrons. The molecule has 1 saturated heterocycles. The third-order valence-electron chi connectivity index (χ3n) is 3.20. The van der Waals surface area contributed by atoms with E-state index in [1.807, 2.05) is 24.3 Å². The van der Waals surface area contributed by atoms with Gasteiger partial charge in [0.25, 0.3) is 0 Å². The lowest BCUT2D eigenvalue weighted by atomic mass is 10.00. The second kappa shape index (κ2) is 5.49. The molecule has 1 aromatic carbocycles. The normalized spacial score (nSPS) is 23.4. The van der Waals surface area contributed by atoms with Crippen LogP contribution in [0, 0.1) is 0 Å². The van der Waals surface area contributed by atoms with Crippen LogP contribution in [0.25, 0.3) is 0 Å². The summed E-state index contributed by atoms with van der Waals surface area (Å²) < 4.78 is 11.1. The Bertz CT molecular complexity index is 370. The summed E-state index contributed by atoms with van der Waals surface area (Å²) in [4.78, 5) is 2.24. The fourth-order valence-electron chi connectivity index (χ4n) is 2.17. The predicted molar refractivity (Wildman–Crippen MR) is 67.2 cm³/mol. The Morgan fingerprint density at radius 1 is 1.47 bits per heavy atom. The Labute approximate surface area is 102 Å². The number of para-hydroxylation sites is 1. The maximum absolute atomic E-state index is 6.28. The van der Waals surface area contributed by atoms with E-state index in [2.05, 4.69) is 11.9 Å². The summed E-state index contributed by atoms with van der Waals surface area (Å²) in [5.74, 6) is 0.830. The third-order valence-corrected chi connectivity index (χ3v) is 3.20. The number of hydrogen-bond donors (Lipinski definition) is 1. The minimum Gasteiger partial charge on any atom is -0.496 e. The highest BCUT2D eigenvalue weighted by Gasteiger charge is 2.26. The van der Waals surface area contributed by atoms with E-state index in [1.54, 1.807) is 7.11 Å². The molecular formula is C13H20N2O2. The highest BCUT2D eigenvalue weighted by Crippen LogP contribution is 2.27. The molecule has 2 atom stereocenters. The van der Waals surface area contributed by atoms with Gasteiger partial charge in [0.2, 0.25) is 0 Å². The summed E-state index contributed by atoms with van der Waals surface area (Å²) >= 11 is 0. The maximum Gasteiger partial charge on any atom is 0.123 e. The topological polar surface area (TPSA) is 47.7 Å². The SMILES string of the molecule is COc1ccccc1C(N)C1CN(C)CCO1. The summed E-state index contributed by atoms with van der Waals surface area (Å²) in [6.07, 6.45) is 0.0325. The number of rotatable bonds is 3. The van der Waals surface area contributed by atoms with Crippen molar-refractivity contribution in [3.8, 4) is 5.75 Å². The molecule has 2 unspecified atom stereocenters. The summed E-state index contributed by atoms with van der Waals surface area (Å²) in [5.41, 5.74) is 7.29. The Kier molecular flexibility index (Phi) is 3.99. The zero-order chi connectivity index (χ0) is 12.3. The third kappa shape index (κ3) is 2.77. The lowest BCUT2D eigenvalue weighted by molar-refractivity contribution is -0.0329. The minimum atomic E-state index is -0.145. The lowest BCUT2D eigenvalue weighted by Crippen LogP contribution is -2.45. The van der Waals surface area contributed by atoms with Gasteiger partial charge in [-0.15, -0.1) is 0 Å². The van der Waals surface area contributed by atoms with Crippen molar-refractivity contribution in [3.05, 3.63) is 29.8 Å². The number of benzene rings is 1. The second-order valence-corrected chi connectivity index (χ2v) is 4.44. The van der Waals surface area contributed by atoms with Gasteiger partial charge in [-0.05, 0) is 13.1 Å². The van der Waals surface area contributed by atoms with Crippen molar-refractivity contribution in [1.29, 1.82) is 0 Å². The number of nitrogens with two attached hydrogens (primary N) is 1. The van der Waals surface area contributed by atoms with Gasteiger partial charge in [-0.25, -0.2) is 0 Å². The van der Waals surface area contributed by atoms with Gasteiger partial charge < -0.3 is 20.1 Å². The molecule has 2 N–H and O–H groups in total. The van der Waals surface area contributed by atoms with E-state index in [4.69, 9.17) is 15.2 Å². The van der Waals surface area contributed by atoms with E-state index in [-0.39, 0.29) is 12.1 Å². The van der Waals surface area contributed by atoms with Gasteiger partial charge in [-0.3, -0.25) is 0 Å². The highest BCUT2D eigenvalue weighted by atomic mass is 16.5. The molecule has 0 spiro atoms. The van der Waals surface area contributed by atoms with Crippen LogP contribution in [0.3, 0.4) is 0 Å². The van der Waals surface area contributed by atoms with Crippen LogP contribution in [-0.2, 0) is 4.74 Å². The number of nitrogens with zero attached hydrogens (tertiary/aromatic N) is 1. The molecule has 0 aliphatic carbocycles. The number of methoxy groups -OCH3 is 1. The van der Waals surface area contributed by atoms with E-state index in [9.17, 15) is 0 Å². The molecule has 94 valence electrons. The molecule has 0 aromatic heterocycles. The predicted octanol–water partition coefficient (Wildman–Crippen LogP) is 1.03. The van der Waals surface area contributed by atoms with E-state index < -0.39 is 0 Å². The van der Waals surface area contributed by atoms with Crippen molar-refractivity contribution in [2.75, 3.05) is 33.9 Å². The van der Waals surface area contributed by atoms with Crippen LogP contribution in [0.2, 0.25) is 0 Å². The van der Waals surface area contributed by atoms with Gasteiger partial charge in [0, 0.05) is 18.7 Å². The fraction of sp³-hybridized carbons (Fsp3) is 0.538. The van der Waals surface area contributed by atoms with Gasteiger partial charge in [0.15, 0.2) is 0 Å². The Morgan fingerprint density at radius 2 is 2.24 bits per heavy atom. The van der Waals surface area contributed by atoms with Crippen LogP contribution in [0.15, 0.2) is 24.3 Å². The van der Waals surface area contributed by atoms with Crippen molar-refractivity contribution in [2.24, 2.45) is 5.73 Å². The van der Waals surface area contributed by atoms with Crippen LogP contribution in [-0.4, -0.2) is 44.9 Å². The summed E-state index contributed by atoms with van der Waals surface area (Å²) in [5, 5.41) is 0. The standard InChI is InChI=1S/C13H20N2O2/c1-15-7-8-17-12(9-15)13(14)10-5-3-4-6-11(10)16-2/h3-6,12-13H,7-9,14H2,1-2H3. The lowest BCUT2D eigenvalue weighted by Gasteiger charge is -2.34. The second-order valence-electron chi connectivity index (χ2n) is 4.44. The highest BCUT2D eigenvalue weighted by molar-refractivity contribution is 5.36. The molecule has 1 aliphatic heterocycles. The monoisotopic (exact) mass is 236 g/mol. The molecule has 1 aliphatic rings. The van der Waals surface area contributed by atoms with Crippen LogP contribution in [0.4, 0.5) is 0 Å². The zero-order valence-electron chi connectivity index (χ0n) is 10.4. The number of hydrogen-bond acceptors (Lipinski definition) is 4. The van der Waals surface area contributed by atoms with Crippen molar-refractivity contribution in [3.63, 3.8) is 0 Å². The minimum absolute atomic E-state index is 0.0325. The average Bonchev–Trinajstić information content (AvgIpc) is 2.38. The van der Waals surface area contributed by atoms with Crippen molar-refractivity contribution < 1.29 is 9.47 Å². The molecule has 1 aromatic rings. The van der Waals surface area contributed by atoms with Crippen molar-refractivity contribution in [1.82, 2.24) is 4.90 Å². The summed E-state index contributed by atoms with van der Waals surface area (Å²) in [6, 6.07) is 7.71. The molecule has 1 fully saturated rings. The van der Waals surface area contributed by atoms with E-state index in [0.717, 1.165) is 31.0 Å². The molecule has 2 rings (SSSR count).